The van der Waals surface area contributed by atoms with Gasteiger partial charge in [-0.15, -0.1) is 0 Å². The van der Waals surface area contributed by atoms with Gasteiger partial charge in [-0.1, -0.05) is 12.1 Å². The quantitative estimate of drug-likeness (QED) is 0.837. The van der Waals surface area contributed by atoms with E-state index in [1.807, 2.05) is 38.1 Å². The SMILES string of the molecule is Cc1c[nH]c(=O)n1-c1cccc(CC(C)N)c1. The van der Waals surface area contributed by atoms with Gasteiger partial charge >= 0.3 is 5.69 Å². The zero-order valence-electron chi connectivity index (χ0n) is 10.1. The second-order valence-corrected chi connectivity index (χ2v) is 4.42. The number of imidazole rings is 1. The van der Waals surface area contributed by atoms with E-state index in [9.17, 15) is 4.79 Å². The second kappa shape index (κ2) is 4.59. The number of benzene rings is 1. The molecule has 0 saturated heterocycles. The number of aromatic nitrogens is 2. The summed E-state index contributed by atoms with van der Waals surface area (Å²) in [5, 5.41) is 0. The highest BCUT2D eigenvalue weighted by atomic mass is 16.1. The summed E-state index contributed by atoms with van der Waals surface area (Å²) in [5.41, 5.74) is 8.59. The van der Waals surface area contributed by atoms with Crippen LogP contribution in [-0.4, -0.2) is 15.6 Å². The molecule has 0 aliphatic heterocycles. The molecule has 0 saturated carbocycles. The molecule has 4 nitrogen and oxygen atoms in total. The van der Waals surface area contributed by atoms with Gasteiger partial charge in [0.2, 0.25) is 0 Å². The minimum Gasteiger partial charge on any atom is -0.328 e. The minimum absolute atomic E-state index is 0.111. The fourth-order valence-electron chi connectivity index (χ4n) is 1.97. The third-order valence-corrected chi connectivity index (χ3v) is 2.69. The molecule has 1 atom stereocenters. The molecule has 17 heavy (non-hydrogen) atoms. The second-order valence-electron chi connectivity index (χ2n) is 4.42. The van der Waals surface area contributed by atoms with E-state index < -0.39 is 0 Å². The maximum absolute atomic E-state index is 11.7. The average Bonchev–Trinajstić information content (AvgIpc) is 2.58. The summed E-state index contributed by atoms with van der Waals surface area (Å²) in [6.45, 7) is 3.87. The summed E-state index contributed by atoms with van der Waals surface area (Å²) in [5.74, 6) is 0. The van der Waals surface area contributed by atoms with Crippen molar-refractivity contribution in [2.24, 2.45) is 5.73 Å². The topological polar surface area (TPSA) is 63.8 Å². The van der Waals surface area contributed by atoms with Gasteiger partial charge in [0, 0.05) is 17.9 Å². The summed E-state index contributed by atoms with van der Waals surface area (Å²) in [7, 11) is 0. The first-order valence-corrected chi connectivity index (χ1v) is 5.70. The average molecular weight is 231 g/mol. The van der Waals surface area contributed by atoms with E-state index in [-0.39, 0.29) is 11.7 Å². The van der Waals surface area contributed by atoms with Crippen molar-refractivity contribution in [2.45, 2.75) is 26.3 Å². The van der Waals surface area contributed by atoms with Crippen LogP contribution in [0.2, 0.25) is 0 Å². The van der Waals surface area contributed by atoms with E-state index in [4.69, 9.17) is 5.73 Å². The predicted octanol–water partition coefficient (Wildman–Crippen LogP) is 1.36. The minimum atomic E-state index is -0.111. The Bertz CT molecular complexity index is 566. The van der Waals surface area contributed by atoms with Crippen LogP contribution in [0.4, 0.5) is 0 Å². The van der Waals surface area contributed by atoms with Gasteiger partial charge in [0.05, 0.1) is 5.69 Å². The Kier molecular flexibility index (Phi) is 3.15. The van der Waals surface area contributed by atoms with Crippen molar-refractivity contribution >= 4 is 0 Å². The summed E-state index contributed by atoms with van der Waals surface area (Å²) in [6.07, 6.45) is 2.52. The molecule has 0 bridgehead atoms. The van der Waals surface area contributed by atoms with Gasteiger partial charge in [0.25, 0.3) is 0 Å². The molecule has 1 heterocycles. The fraction of sp³-hybridized carbons (Fsp3) is 0.308. The molecule has 3 N–H and O–H groups in total. The molecule has 0 radical (unpaired) electrons. The fourth-order valence-corrected chi connectivity index (χ4v) is 1.97. The molecule has 2 aromatic rings. The van der Waals surface area contributed by atoms with E-state index in [1.54, 1.807) is 10.8 Å². The standard InChI is InChI=1S/C13H17N3O/c1-9(14)6-11-4-3-5-12(7-11)16-10(2)8-15-13(16)17/h3-5,7-9H,6,14H2,1-2H3,(H,15,17). The lowest BCUT2D eigenvalue weighted by Crippen LogP contribution is -2.19. The van der Waals surface area contributed by atoms with Crippen LogP contribution in [0.5, 0.6) is 0 Å². The summed E-state index contributed by atoms with van der Waals surface area (Å²) in [4.78, 5) is 14.3. The summed E-state index contributed by atoms with van der Waals surface area (Å²) >= 11 is 0. The van der Waals surface area contributed by atoms with Gasteiger partial charge < -0.3 is 10.7 Å². The van der Waals surface area contributed by atoms with Crippen LogP contribution in [0.1, 0.15) is 18.2 Å². The third kappa shape index (κ3) is 2.47. The highest BCUT2D eigenvalue weighted by Gasteiger charge is 2.06. The van der Waals surface area contributed by atoms with E-state index in [2.05, 4.69) is 4.98 Å². The van der Waals surface area contributed by atoms with Crippen LogP contribution < -0.4 is 11.4 Å². The Balaban J connectivity index is 2.43. The van der Waals surface area contributed by atoms with Crippen molar-refractivity contribution < 1.29 is 0 Å². The largest absolute Gasteiger partial charge is 0.330 e. The van der Waals surface area contributed by atoms with Gasteiger partial charge in [-0.2, -0.15) is 0 Å². The van der Waals surface area contributed by atoms with Crippen LogP contribution in [0.3, 0.4) is 0 Å². The molecule has 4 heteroatoms. The zero-order valence-corrected chi connectivity index (χ0v) is 10.1. The molecule has 0 spiro atoms. The van der Waals surface area contributed by atoms with Gasteiger partial charge in [0.15, 0.2) is 0 Å². The normalized spacial score (nSPS) is 12.6. The molecule has 1 aromatic carbocycles. The third-order valence-electron chi connectivity index (χ3n) is 2.69. The lowest BCUT2D eigenvalue weighted by atomic mass is 10.1. The number of hydrogen-bond donors (Lipinski definition) is 2. The molecule has 0 fully saturated rings. The number of nitrogens with zero attached hydrogens (tertiary/aromatic N) is 1. The van der Waals surface area contributed by atoms with Crippen LogP contribution >= 0.6 is 0 Å². The Morgan fingerprint density at radius 3 is 2.82 bits per heavy atom. The number of nitrogens with two attached hydrogens (primary N) is 1. The van der Waals surface area contributed by atoms with E-state index in [0.717, 1.165) is 23.4 Å². The van der Waals surface area contributed by atoms with Crippen molar-refractivity contribution in [3.05, 3.63) is 52.2 Å². The Hall–Kier alpha value is -1.81. The Labute approximate surface area is 100 Å². The maximum atomic E-state index is 11.7. The van der Waals surface area contributed by atoms with Crippen LogP contribution in [0.15, 0.2) is 35.3 Å². The summed E-state index contributed by atoms with van der Waals surface area (Å²) in [6, 6.07) is 8.03. The first-order valence-electron chi connectivity index (χ1n) is 5.70. The molecule has 0 aliphatic rings. The van der Waals surface area contributed by atoms with Crippen molar-refractivity contribution in [2.75, 3.05) is 0 Å². The smallest absolute Gasteiger partial charge is 0.328 e. The highest BCUT2D eigenvalue weighted by molar-refractivity contribution is 5.37. The van der Waals surface area contributed by atoms with Gasteiger partial charge in [-0.3, -0.25) is 4.57 Å². The number of aromatic amines is 1. The van der Waals surface area contributed by atoms with E-state index in [0.29, 0.717) is 0 Å². The van der Waals surface area contributed by atoms with Crippen molar-refractivity contribution in [3.63, 3.8) is 0 Å². The van der Waals surface area contributed by atoms with Crippen LogP contribution in [0.25, 0.3) is 5.69 Å². The first kappa shape index (κ1) is 11.7. The summed E-state index contributed by atoms with van der Waals surface area (Å²) < 4.78 is 1.66. The molecular weight excluding hydrogens is 214 g/mol. The zero-order chi connectivity index (χ0) is 12.4. The van der Waals surface area contributed by atoms with Gasteiger partial charge in [-0.25, -0.2) is 4.79 Å². The molecule has 0 aliphatic carbocycles. The highest BCUT2D eigenvalue weighted by Crippen LogP contribution is 2.12. The molecular formula is C13H17N3O. The van der Waals surface area contributed by atoms with Crippen LogP contribution in [0, 0.1) is 6.92 Å². The Morgan fingerprint density at radius 1 is 1.47 bits per heavy atom. The molecule has 2 rings (SSSR count). The van der Waals surface area contributed by atoms with E-state index in [1.165, 1.54) is 0 Å². The Morgan fingerprint density at radius 2 is 2.24 bits per heavy atom. The number of aryl methyl sites for hydroxylation is 1. The number of nitrogens with one attached hydrogen (secondary N) is 1. The van der Waals surface area contributed by atoms with Gasteiger partial charge in [0.1, 0.15) is 0 Å². The molecule has 0 amide bonds. The maximum Gasteiger partial charge on any atom is 0.330 e. The molecule has 1 unspecified atom stereocenters. The molecule has 1 aromatic heterocycles. The van der Waals surface area contributed by atoms with Crippen LogP contribution in [-0.2, 0) is 6.42 Å². The molecule has 90 valence electrons. The van der Waals surface area contributed by atoms with Crippen molar-refractivity contribution in [1.82, 2.24) is 9.55 Å². The van der Waals surface area contributed by atoms with Gasteiger partial charge in [-0.05, 0) is 38.0 Å². The lowest BCUT2D eigenvalue weighted by Gasteiger charge is -2.08. The number of hydrogen-bond acceptors (Lipinski definition) is 2. The van der Waals surface area contributed by atoms with Crippen molar-refractivity contribution in [1.29, 1.82) is 0 Å². The van der Waals surface area contributed by atoms with E-state index >= 15 is 0 Å². The first-order chi connectivity index (χ1) is 8.08. The lowest BCUT2D eigenvalue weighted by molar-refractivity contribution is 0.737. The monoisotopic (exact) mass is 231 g/mol. The predicted molar refractivity (Wildman–Crippen MR) is 68.5 cm³/mol. The number of H-pyrrole nitrogens is 1. The van der Waals surface area contributed by atoms with Crippen molar-refractivity contribution in [3.8, 4) is 5.69 Å². The number of rotatable bonds is 3.